The average molecular weight is 158 g/mol. The molecule has 0 bridgehead atoms. The van der Waals surface area contributed by atoms with Crippen LogP contribution in [-0.2, 0) is 4.74 Å². The summed E-state index contributed by atoms with van der Waals surface area (Å²) in [5.74, 6) is 0.866. The van der Waals surface area contributed by atoms with Crippen molar-refractivity contribution in [3.8, 4) is 0 Å². The van der Waals surface area contributed by atoms with Crippen LogP contribution in [0.4, 0.5) is 4.39 Å². The Bertz CT molecular complexity index is 132. The van der Waals surface area contributed by atoms with E-state index in [1.807, 2.05) is 0 Å². The summed E-state index contributed by atoms with van der Waals surface area (Å²) < 4.78 is 18.3. The molecule has 2 aliphatic rings. The highest BCUT2D eigenvalue weighted by molar-refractivity contribution is 4.80. The number of ether oxygens (including phenoxy) is 1. The summed E-state index contributed by atoms with van der Waals surface area (Å²) in [5.41, 5.74) is 0. The third-order valence-corrected chi connectivity index (χ3v) is 2.60. The molecule has 1 nitrogen and oxygen atoms in total. The SMILES string of the molecule is FC1CCO[C@H](CC2CC2)C1. The van der Waals surface area contributed by atoms with E-state index in [9.17, 15) is 4.39 Å². The van der Waals surface area contributed by atoms with Gasteiger partial charge in [-0.05, 0) is 12.3 Å². The molecule has 1 heterocycles. The predicted molar refractivity (Wildman–Crippen MR) is 41.2 cm³/mol. The molecule has 0 aromatic rings. The summed E-state index contributed by atoms with van der Waals surface area (Å²) in [6.45, 7) is 0.637. The van der Waals surface area contributed by atoms with Gasteiger partial charge in [0.2, 0.25) is 0 Å². The van der Waals surface area contributed by atoms with Crippen LogP contribution >= 0.6 is 0 Å². The summed E-state index contributed by atoms with van der Waals surface area (Å²) in [6.07, 6.45) is 4.71. The van der Waals surface area contributed by atoms with Crippen molar-refractivity contribution in [2.45, 2.75) is 44.4 Å². The van der Waals surface area contributed by atoms with Crippen molar-refractivity contribution in [3.05, 3.63) is 0 Å². The van der Waals surface area contributed by atoms with Gasteiger partial charge in [-0.25, -0.2) is 4.39 Å². The van der Waals surface area contributed by atoms with Crippen molar-refractivity contribution in [1.82, 2.24) is 0 Å². The van der Waals surface area contributed by atoms with E-state index in [4.69, 9.17) is 4.74 Å². The van der Waals surface area contributed by atoms with Crippen LogP contribution in [0.2, 0.25) is 0 Å². The maximum atomic E-state index is 12.8. The van der Waals surface area contributed by atoms with Crippen molar-refractivity contribution < 1.29 is 9.13 Å². The van der Waals surface area contributed by atoms with E-state index >= 15 is 0 Å². The minimum absolute atomic E-state index is 0.242. The van der Waals surface area contributed by atoms with Gasteiger partial charge in [0.1, 0.15) is 6.17 Å². The second-order valence-electron chi connectivity index (χ2n) is 3.79. The topological polar surface area (TPSA) is 9.23 Å². The summed E-state index contributed by atoms with van der Waals surface area (Å²) in [7, 11) is 0. The normalized spacial score (nSPS) is 39.0. The number of hydrogen-bond acceptors (Lipinski definition) is 1. The highest BCUT2D eigenvalue weighted by Gasteiger charge is 2.29. The lowest BCUT2D eigenvalue weighted by atomic mass is 10.0. The van der Waals surface area contributed by atoms with Crippen LogP contribution in [0.15, 0.2) is 0 Å². The first-order chi connectivity index (χ1) is 5.34. The lowest BCUT2D eigenvalue weighted by Crippen LogP contribution is -2.26. The summed E-state index contributed by atoms with van der Waals surface area (Å²) in [4.78, 5) is 0. The van der Waals surface area contributed by atoms with E-state index in [2.05, 4.69) is 0 Å². The maximum Gasteiger partial charge on any atom is 0.105 e. The van der Waals surface area contributed by atoms with Crippen LogP contribution in [0.5, 0.6) is 0 Å². The second-order valence-corrected chi connectivity index (χ2v) is 3.79. The summed E-state index contributed by atoms with van der Waals surface area (Å²) in [5, 5.41) is 0. The van der Waals surface area contributed by atoms with Gasteiger partial charge in [-0.2, -0.15) is 0 Å². The predicted octanol–water partition coefficient (Wildman–Crippen LogP) is 2.30. The Morgan fingerprint density at radius 2 is 2.09 bits per heavy atom. The van der Waals surface area contributed by atoms with Gasteiger partial charge in [-0.1, -0.05) is 12.8 Å². The van der Waals surface area contributed by atoms with Gasteiger partial charge < -0.3 is 4.74 Å². The van der Waals surface area contributed by atoms with Crippen LogP contribution in [0.25, 0.3) is 0 Å². The number of hydrogen-bond donors (Lipinski definition) is 0. The van der Waals surface area contributed by atoms with Gasteiger partial charge in [0.15, 0.2) is 0 Å². The molecule has 1 saturated carbocycles. The molecule has 0 spiro atoms. The molecule has 1 aliphatic heterocycles. The molecular weight excluding hydrogens is 143 g/mol. The minimum Gasteiger partial charge on any atom is -0.378 e. The van der Waals surface area contributed by atoms with Gasteiger partial charge in [0, 0.05) is 19.4 Å². The third kappa shape index (κ3) is 2.16. The van der Waals surface area contributed by atoms with E-state index in [1.165, 1.54) is 12.8 Å². The maximum absolute atomic E-state index is 12.8. The fourth-order valence-electron chi connectivity index (χ4n) is 1.72. The zero-order valence-electron chi connectivity index (χ0n) is 6.76. The first-order valence-corrected chi connectivity index (χ1v) is 4.60. The molecule has 2 fully saturated rings. The van der Waals surface area contributed by atoms with Gasteiger partial charge in [-0.3, -0.25) is 0 Å². The first-order valence-electron chi connectivity index (χ1n) is 4.60. The Kier molecular flexibility index (Phi) is 2.12. The molecule has 0 aromatic heterocycles. The Labute approximate surface area is 66.9 Å². The molecule has 11 heavy (non-hydrogen) atoms. The molecule has 1 aliphatic carbocycles. The standard InChI is InChI=1S/C9H15FO/c10-8-3-4-11-9(6-8)5-7-1-2-7/h7-9H,1-6H2/t8?,9-/m1/s1. The molecule has 0 amide bonds. The Hall–Kier alpha value is -0.110. The quantitative estimate of drug-likeness (QED) is 0.599. The summed E-state index contributed by atoms with van der Waals surface area (Å²) in [6, 6.07) is 0. The second kappa shape index (κ2) is 3.10. The highest BCUT2D eigenvalue weighted by Crippen LogP contribution is 2.36. The van der Waals surface area contributed by atoms with E-state index in [1.54, 1.807) is 0 Å². The molecule has 2 atom stereocenters. The fourth-order valence-corrected chi connectivity index (χ4v) is 1.72. The third-order valence-electron chi connectivity index (χ3n) is 2.60. The van der Waals surface area contributed by atoms with Crippen LogP contribution < -0.4 is 0 Å². The number of alkyl halides is 1. The highest BCUT2D eigenvalue weighted by atomic mass is 19.1. The minimum atomic E-state index is -0.590. The fraction of sp³-hybridized carbons (Fsp3) is 1.00. The Morgan fingerprint density at radius 3 is 2.73 bits per heavy atom. The first kappa shape index (κ1) is 7.53. The molecule has 1 saturated heterocycles. The van der Waals surface area contributed by atoms with E-state index < -0.39 is 6.17 Å². The molecule has 64 valence electrons. The van der Waals surface area contributed by atoms with Crippen LogP contribution in [0.1, 0.15) is 32.1 Å². The van der Waals surface area contributed by atoms with Crippen molar-refractivity contribution in [2.75, 3.05) is 6.61 Å². The van der Waals surface area contributed by atoms with Crippen LogP contribution in [-0.4, -0.2) is 18.9 Å². The van der Waals surface area contributed by atoms with Crippen molar-refractivity contribution in [3.63, 3.8) is 0 Å². The van der Waals surface area contributed by atoms with E-state index in [-0.39, 0.29) is 6.10 Å². The zero-order valence-corrected chi connectivity index (χ0v) is 6.76. The van der Waals surface area contributed by atoms with Gasteiger partial charge in [0.05, 0.1) is 6.10 Å². The number of rotatable bonds is 2. The monoisotopic (exact) mass is 158 g/mol. The van der Waals surface area contributed by atoms with Crippen molar-refractivity contribution in [2.24, 2.45) is 5.92 Å². The van der Waals surface area contributed by atoms with Gasteiger partial charge in [0.25, 0.3) is 0 Å². The lowest BCUT2D eigenvalue weighted by molar-refractivity contribution is -0.0242. The van der Waals surface area contributed by atoms with E-state index in [0.717, 1.165) is 12.3 Å². The van der Waals surface area contributed by atoms with Crippen molar-refractivity contribution in [1.29, 1.82) is 0 Å². The van der Waals surface area contributed by atoms with Crippen LogP contribution in [0.3, 0.4) is 0 Å². The lowest BCUT2D eigenvalue weighted by Gasteiger charge is -2.25. The molecule has 0 N–H and O–H groups in total. The largest absolute Gasteiger partial charge is 0.378 e. The molecular formula is C9H15FO. The average Bonchev–Trinajstić information content (AvgIpc) is 2.71. The smallest absolute Gasteiger partial charge is 0.105 e. The Balaban J connectivity index is 1.73. The van der Waals surface area contributed by atoms with Crippen LogP contribution in [0, 0.1) is 5.92 Å². The van der Waals surface area contributed by atoms with Gasteiger partial charge >= 0.3 is 0 Å². The summed E-state index contributed by atoms with van der Waals surface area (Å²) >= 11 is 0. The van der Waals surface area contributed by atoms with Gasteiger partial charge in [-0.15, -0.1) is 0 Å². The molecule has 1 unspecified atom stereocenters. The molecule has 2 heteroatoms. The molecule has 2 rings (SSSR count). The number of halogens is 1. The molecule has 0 aromatic carbocycles. The van der Waals surface area contributed by atoms with Crippen molar-refractivity contribution >= 4 is 0 Å². The zero-order chi connectivity index (χ0) is 7.68. The molecule has 0 radical (unpaired) electrons. The Morgan fingerprint density at radius 1 is 1.27 bits per heavy atom. The van der Waals surface area contributed by atoms with E-state index in [0.29, 0.717) is 19.4 Å².